The van der Waals surface area contributed by atoms with Gasteiger partial charge in [-0.1, -0.05) is 59.2 Å². The number of carbonyl (C=O) groups is 1. The Morgan fingerprint density at radius 2 is 1.63 bits per heavy atom. The van der Waals surface area contributed by atoms with E-state index in [4.69, 9.17) is 20.9 Å². The van der Waals surface area contributed by atoms with Crippen molar-refractivity contribution in [2.45, 2.75) is 45.5 Å². The van der Waals surface area contributed by atoms with Crippen LogP contribution in [0.3, 0.4) is 0 Å². The van der Waals surface area contributed by atoms with Crippen molar-refractivity contribution in [2.75, 3.05) is 0 Å². The van der Waals surface area contributed by atoms with Gasteiger partial charge in [0.2, 0.25) is 5.89 Å². The molecular weight excluding hydrogens is 626 g/mol. The van der Waals surface area contributed by atoms with Gasteiger partial charge in [-0.2, -0.15) is 18.2 Å². The summed E-state index contributed by atoms with van der Waals surface area (Å²) in [7, 11) is 0. The monoisotopic (exact) mass is 653 g/mol. The molecule has 0 aliphatic rings. The number of halogens is 5. The highest BCUT2D eigenvalue weighted by Crippen LogP contribution is 2.38. The van der Waals surface area contributed by atoms with E-state index in [1.54, 1.807) is 26.8 Å². The number of hydrogen-bond donors (Lipinski definition) is 2. The minimum absolute atomic E-state index is 0.00431. The predicted octanol–water partition coefficient (Wildman–Crippen LogP) is 8.73. The summed E-state index contributed by atoms with van der Waals surface area (Å²) in [5.74, 6) is -0.944. The van der Waals surface area contributed by atoms with Crippen molar-refractivity contribution in [1.29, 1.82) is 0 Å². The molecule has 1 atom stereocenters. The molecule has 1 aromatic heterocycles. The molecule has 12 heteroatoms. The van der Waals surface area contributed by atoms with Crippen LogP contribution >= 0.6 is 11.6 Å². The Morgan fingerprint density at radius 3 is 2.22 bits per heavy atom. The molecule has 46 heavy (non-hydrogen) atoms. The van der Waals surface area contributed by atoms with E-state index in [2.05, 4.69) is 15.5 Å². The Balaban J connectivity index is 1.45. The van der Waals surface area contributed by atoms with Crippen LogP contribution in [0.25, 0.3) is 22.3 Å². The van der Waals surface area contributed by atoms with Crippen molar-refractivity contribution in [2.24, 2.45) is 0 Å². The third kappa shape index (κ3) is 7.48. The molecule has 0 saturated heterocycles. The highest BCUT2D eigenvalue weighted by atomic mass is 35.5. The number of nitrogens with zero attached hydrogens (tertiary/aromatic N) is 2. The van der Waals surface area contributed by atoms with E-state index in [1.807, 2.05) is 24.3 Å². The molecule has 0 spiro atoms. The van der Waals surface area contributed by atoms with E-state index in [-0.39, 0.29) is 34.8 Å². The first-order valence-corrected chi connectivity index (χ1v) is 14.5. The number of amides is 1. The molecular formula is C34H28ClF4N3O4. The van der Waals surface area contributed by atoms with E-state index in [0.717, 1.165) is 28.8 Å². The minimum Gasteiger partial charge on any atom is -0.507 e. The van der Waals surface area contributed by atoms with Crippen molar-refractivity contribution in [1.82, 2.24) is 15.5 Å². The molecule has 1 unspecified atom stereocenters. The van der Waals surface area contributed by atoms with Crippen LogP contribution in [0.4, 0.5) is 17.6 Å². The van der Waals surface area contributed by atoms with Crippen LogP contribution in [0.15, 0.2) is 83.4 Å². The van der Waals surface area contributed by atoms with Crippen LogP contribution in [0, 0.1) is 12.7 Å². The lowest BCUT2D eigenvalue weighted by Gasteiger charge is -2.19. The third-order valence-electron chi connectivity index (χ3n) is 7.02. The average Bonchev–Trinajstić information content (AvgIpc) is 3.44. The zero-order valence-electron chi connectivity index (χ0n) is 24.8. The number of carbonyl (C=O) groups excluding carboxylic acids is 1. The minimum atomic E-state index is -4.52. The number of phenols is 1. The van der Waals surface area contributed by atoms with Gasteiger partial charge >= 0.3 is 6.18 Å². The first-order valence-electron chi connectivity index (χ1n) is 14.1. The maximum atomic E-state index is 13.7. The molecule has 5 rings (SSSR count). The van der Waals surface area contributed by atoms with Crippen LogP contribution in [0.1, 0.15) is 53.1 Å². The van der Waals surface area contributed by atoms with Crippen molar-refractivity contribution in [3.05, 3.63) is 118 Å². The summed E-state index contributed by atoms with van der Waals surface area (Å²) in [6, 6.07) is 18.0. The molecule has 5 aromatic rings. The molecule has 0 radical (unpaired) electrons. The Morgan fingerprint density at radius 1 is 0.978 bits per heavy atom. The Bertz CT molecular complexity index is 1860. The number of rotatable bonds is 9. The average molecular weight is 654 g/mol. The van der Waals surface area contributed by atoms with Crippen molar-refractivity contribution >= 4 is 17.5 Å². The Hall–Kier alpha value is -4.90. The Labute approximate surface area is 266 Å². The summed E-state index contributed by atoms with van der Waals surface area (Å²) in [4.78, 5) is 17.9. The fourth-order valence-corrected chi connectivity index (χ4v) is 4.98. The molecule has 1 heterocycles. The lowest BCUT2D eigenvalue weighted by atomic mass is 9.98. The van der Waals surface area contributed by atoms with E-state index >= 15 is 0 Å². The second kappa shape index (κ2) is 13.2. The zero-order chi connectivity index (χ0) is 33.2. The summed E-state index contributed by atoms with van der Waals surface area (Å²) in [6.07, 6.45) is -4.63. The van der Waals surface area contributed by atoms with E-state index in [1.165, 1.54) is 36.4 Å². The molecule has 2 N–H and O–H groups in total. The van der Waals surface area contributed by atoms with Gasteiger partial charge in [0.05, 0.1) is 22.3 Å². The van der Waals surface area contributed by atoms with Gasteiger partial charge in [-0.15, -0.1) is 0 Å². The predicted molar refractivity (Wildman–Crippen MR) is 164 cm³/mol. The zero-order valence-corrected chi connectivity index (χ0v) is 25.6. The second-order valence-corrected chi connectivity index (χ2v) is 11.3. The molecule has 0 bridgehead atoms. The van der Waals surface area contributed by atoms with Gasteiger partial charge in [-0.3, -0.25) is 4.79 Å². The van der Waals surface area contributed by atoms with Crippen molar-refractivity contribution in [3.8, 4) is 33.8 Å². The molecule has 0 fully saturated rings. The van der Waals surface area contributed by atoms with E-state index in [0.29, 0.717) is 17.0 Å². The number of benzene rings is 4. The Kier molecular flexibility index (Phi) is 9.34. The molecule has 1 amide bonds. The largest absolute Gasteiger partial charge is 0.507 e. The van der Waals surface area contributed by atoms with E-state index < -0.39 is 35.3 Å². The highest BCUT2D eigenvalue weighted by Gasteiger charge is 2.30. The van der Waals surface area contributed by atoms with Crippen molar-refractivity contribution < 1.29 is 36.7 Å². The summed E-state index contributed by atoms with van der Waals surface area (Å²) in [5, 5.41) is 17.6. The van der Waals surface area contributed by atoms with Crippen LogP contribution in [0.5, 0.6) is 11.5 Å². The fourth-order valence-electron chi connectivity index (χ4n) is 4.80. The first kappa shape index (κ1) is 32.5. The summed E-state index contributed by atoms with van der Waals surface area (Å²) in [6.45, 7) is 5.14. The number of aromatic nitrogens is 2. The van der Waals surface area contributed by atoms with Crippen LogP contribution in [-0.4, -0.2) is 27.3 Å². The van der Waals surface area contributed by atoms with E-state index in [9.17, 15) is 27.5 Å². The van der Waals surface area contributed by atoms with Gasteiger partial charge < -0.3 is 19.7 Å². The third-order valence-corrected chi connectivity index (χ3v) is 7.31. The van der Waals surface area contributed by atoms with Crippen LogP contribution in [-0.2, 0) is 12.6 Å². The smallest absolute Gasteiger partial charge is 0.416 e. The fraction of sp³-hybridized carbons (Fsp3) is 0.206. The number of ether oxygens (including phenoxy) is 1. The highest BCUT2D eigenvalue weighted by molar-refractivity contribution is 6.31. The quantitative estimate of drug-likeness (QED) is 0.154. The topological polar surface area (TPSA) is 97.5 Å². The lowest BCUT2D eigenvalue weighted by Crippen LogP contribution is -2.30. The normalized spacial score (nSPS) is 12.3. The molecule has 0 aliphatic carbocycles. The van der Waals surface area contributed by atoms with Crippen molar-refractivity contribution in [3.63, 3.8) is 0 Å². The molecule has 238 valence electrons. The number of hydrogen-bond acceptors (Lipinski definition) is 6. The second-order valence-electron chi connectivity index (χ2n) is 10.8. The first-order chi connectivity index (χ1) is 21.8. The summed E-state index contributed by atoms with van der Waals surface area (Å²) in [5.41, 5.74) is 2.00. The maximum Gasteiger partial charge on any atom is 0.416 e. The van der Waals surface area contributed by atoms with Gasteiger partial charge in [0.25, 0.3) is 5.91 Å². The molecule has 7 nitrogen and oxygen atoms in total. The summed E-state index contributed by atoms with van der Waals surface area (Å²) >= 11 is 5.94. The van der Waals surface area contributed by atoms with Gasteiger partial charge in [-0.25, -0.2) is 4.39 Å². The summed E-state index contributed by atoms with van der Waals surface area (Å²) < 4.78 is 64.4. The van der Waals surface area contributed by atoms with Gasteiger partial charge in [0.15, 0.2) is 5.82 Å². The number of phenolic OH excluding ortho intramolecular Hbond substituents is 1. The SMILES string of the molecule is Cc1noc(C(Cc2ccc(-c3ccc(F)c(Cl)c3)cc2)NC(=O)c2cc(-c3ccc(C(F)(F)F)cc3)c(OC(C)C)cc2O)n1. The number of nitrogens with one attached hydrogen (secondary N) is 1. The number of aryl methyl sites for hydroxylation is 1. The standard InChI is InChI=1S/C34H28ClF4N3O4/c1-18(2)45-31-17-30(43)26(16-25(31)22-8-11-24(12-9-22)34(37,38)39)32(44)41-29(33-40-19(3)42-46-33)14-20-4-6-21(7-5-20)23-10-13-28(36)27(35)15-23/h4-13,15-18,29,43H,14H2,1-3H3,(H,41,44). The van der Waals surface area contributed by atoms with Crippen LogP contribution in [0.2, 0.25) is 5.02 Å². The van der Waals surface area contributed by atoms with Gasteiger partial charge in [0.1, 0.15) is 23.4 Å². The van der Waals surface area contributed by atoms with Gasteiger partial charge in [0, 0.05) is 18.1 Å². The number of alkyl halides is 3. The van der Waals surface area contributed by atoms with Crippen LogP contribution < -0.4 is 10.1 Å². The molecule has 4 aromatic carbocycles. The maximum absolute atomic E-state index is 13.7. The lowest BCUT2D eigenvalue weighted by molar-refractivity contribution is -0.137. The van der Waals surface area contributed by atoms with Gasteiger partial charge in [-0.05, 0) is 73.4 Å². The molecule has 0 saturated carbocycles. The molecule has 0 aliphatic heterocycles. The number of aromatic hydroxyl groups is 1.